The average molecular weight is 386 g/mol. The van der Waals surface area contributed by atoms with E-state index < -0.39 is 0 Å². The molecule has 6 nitrogen and oxygen atoms in total. The maximum Gasteiger partial charge on any atom is 0.336 e. The molecule has 2 heterocycles. The minimum atomic E-state index is -0.295. The van der Waals surface area contributed by atoms with E-state index in [1.165, 1.54) is 0 Å². The average Bonchev–Trinajstić information content (AvgIpc) is 2.68. The second-order valence-electron chi connectivity index (χ2n) is 7.70. The number of amides is 1. The highest BCUT2D eigenvalue weighted by Gasteiger charge is 2.20. The molecule has 1 amide bonds. The number of nitrogens with one attached hydrogen (secondary N) is 1. The van der Waals surface area contributed by atoms with E-state index in [1.54, 1.807) is 6.07 Å². The monoisotopic (exact) mass is 385 g/mol. The molecule has 0 saturated carbocycles. The fraction of sp³-hybridized carbons (Fsp3) is 0.545. The van der Waals surface area contributed by atoms with Crippen molar-refractivity contribution in [2.75, 3.05) is 32.7 Å². The first kappa shape index (κ1) is 20.6. The number of nitrogens with zero attached hydrogens (tertiary/aromatic N) is 2. The number of hydrogen-bond acceptors (Lipinski definition) is 5. The highest BCUT2D eigenvalue weighted by atomic mass is 16.4. The minimum Gasteiger partial charge on any atom is -0.423 e. The number of carbonyl (C=O) groups is 1. The number of carbonyl (C=O) groups excluding carboxylic acids is 1. The van der Waals surface area contributed by atoms with Crippen LogP contribution in [0.15, 0.2) is 33.5 Å². The van der Waals surface area contributed by atoms with E-state index in [1.807, 2.05) is 13.0 Å². The molecule has 1 fully saturated rings. The van der Waals surface area contributed by atoms with Crippen LogP contribution in [0, 0.1) is 0 Å². The lowest BCUT2D eigenvalue weighted by Gasteiger charge is -2.34. The largest absolute Gasteiger partial charge is 0.423 e. The molecule has 1 aromatic carbocycles. The van der Waals surface area contributed by atoms with E-state index in [0.717, 1.165) is 62.1 Å². The summed E-state index contributed by atoms with van der Waals surface area (Å²) < 4.78 is 5.41. The van der Waals surface area contributed by atoms with Crippen LogP contribution in [0.25, 0.3) is 11.0 Å². The van der Waals surface area contributed by atoms with Crippen molar-refractivity contribution in [3.05, 3.63) is 45.8 Å². The third-order valence-electron chi connectivity index (χ3n) is 5.55. The van der Waals surface area contributed by atoms with Crippen molar-refractivity contribution in [3.63, 3.8) is 0 Å². The second-order valence-corrected chi connectivity index (χ2v) is 7.70. The fourth-order valence-electron chi connectivity index (χ4n) is 3.60. The van der Waals surface area contributed by atoms with Gasteiger partial charge >= 0.3 is 5.63 Å². The molecule has 0 aliphatic carbocycles. The van der Waals surface area contributed by atoms with E-state index in [9.17, 15) is 9.59 Å². The van der Waals surface area contributed by atoms with Gasteiger partial charge in [0.2, 0.25) is 5.91 Å². The smallest absolute Gasteiger partial charge is 0.336 e. The standard InChI is InChI=1S/C22H31N3O3/c1-4-16(3)23-21(26)15-25-10-8-24(9-11-25)14-18-13-22(27)28-20-12-17(5-2)6-7-19(18)20/h6-7,12-13,16H,4-5,8-11,14-15H2,1-3H3,(H,23,26). The first-order valence-electron chi connectivity index (χ1n) is 10.3. The summed E-state index contributed by atoms with van der Waals surface area (Å²) in [4.78, 5) is 28.6. The lowest BCUT2D eigenvalue weighted by Crippen LogP contribution is -2.49. The Morgan fingerprint density at radius 1 is 1.14 bits per heavy atom. The van der Waals surface area contributed by atoms with Gasteiger partial charge in [0.25, 0.3) is 0 Å². The summed E-state index contributed by atoms with van der Waals surface area (Å²) in [5.41, 5.74) is 2.55. The molecule has 0 bridgehead atoms. The summed E-state index contributed by atoms with van der Waals surface area (Å²) >= 11 is 0. The van der Waals surface area contributed by atoms with Crippen LogP contribution in [0.2, 0.25) is 0 Å². The molecular weight excluding hydrogens is 354 g/mol. The predicted octanol–water partition coefficient (Wildman–Crippen LogP) is 2.39. The number of aryl methyl sites for hydroxylation is 1. The zero-order chi connectivity index (χ0) is 20.1. The molecule has 3 rings (SSSR count). The van der Waals surface area contributed by atoms with Crippen molar-refractivity contribution in [2.24, 2.45) is 0 Å². The van der Waals surface area contributed by atoms with Crippen LogP contribution in [0.3, 0.4) is 0 Å². The maximum absolute atomic E-state index is 12.1. The van der Waals surface area contributed by atoms with Crippen LogP contribution in [0.4, 0.5) is 0 Å². The fourth-order valence-corrected chi connectivity index (χ4v) is 3.60. The van der Waals surface area contributed by atoms with Gasteiger partial charge in [0.15, 0.2) is 0 Å². The summed E-state index contributed by atoms with van der Waals surface area (Å²) in [6.07, 6.45) is 1.86. The Bertz CT molecular complexity index is 869. The Labute approximate surface area is 166 Å². The SMILES string of the molecule is CCc1ccc2c(CN3CCN(CC(=O)NC(C)CC)CC3)cc(=O)oc2c1. The number of piperazine rings is 1. The first-order valence-corrected chi connectivity index (χ1v) is 10.3. The van der Waals surface area contributed by atoms with Gasteiger partial charge in [-0.15, -0.1) is 0 Å². The van der Waals surface area contributed by atoms with Crippen molar-refractivity contribution in [3.8, 4) is 0 Å². The number of fused-ring (bicyclic) bond motifs is 1. The quantitative estimate of drug-likeness (QED) is 0.742. The molecule has 6 heteroatoms. The topological polar surface area (TPSA) is 65.8 Å². The van der Waals surface area contributed by atoms with Crippen molar-refractivity contribution in [2.45, 2.75) is 46.2 Å². The van der Waals surface area contributed by atoms with Gasteiger partial charge in [-0.3, -0.25) is 14.6 Å². The van der Waals surface area contributed by atoms with Gasteiger partial charge in [0.05, 0.1) is 6.54 Å². The summed E-state index contributed by atoms with van der Waals surface area (Å²) in [6, 6.07) is 7.95. The van der Waals surface area contributed by atoms with E-state index in [0.29, 0.717) is 12.1 Å². The summed E-state index contributed by atoms with van der Waals surface area (Å²) in [7, 11) is 0. The van der Waals surface area contributed by atoms with Crippen LogP contribution >= 0.6 is 0 Å². The summed E-state index contributed by atoms with van der Waals surface area (Å²) in [5, 5.41) is 4.03. The molecule has 1 unspecified atom stereocenters. The van der Waals surface area contributed by atoms with Gasteiger partial charge in [0, 0.05) is 50.2 Å². The highest BCUT2D eigenvalue weighted by molar-refractivity contribution is 5.81. The Kier molecular flexibility index (Phi) is 6.86. The number of rotatable bonds is 7. The summed E-state index contributed by atoms with van der Waals surface area (Å²) in [6.45, 7) is 10.8. The molecular formula is C22H31N3O3. The van der Waals surface area contributed by atoms with Crippen LogP contribution < -0.4 is 10.9 Å². The van der Waals surface area contributed by atoms with Gasteiger partial charge in [-0.1, -0.05) is 26.0 Å². The van der Waals surface area contributed by atoms with Crippen molar-refractivity contribution in [1.29, 1.82) is 0 Å². The molecule has 1 saturated heterocycles. The van der Waals surface area contributed by atoms with Gasteiger partial charge in [-0.2, -0.15) is 0 Å². The predicted molar refractivity (Wildman–Crippen MR) is 111 cm³/mol. The van der Waals surface area contributed by atoms with E-state index in [4.69, 9.17) is 4.42 Å². The van der Waals surface area contributed by atoms with Crippen LogP contribution in [-0.2, 0) is 17.8 Å². The van der Waals surface area contributed by atoms with Gasteiger partial charge in [-0.05, 0) is 37.0 Å². The lowest BCUT2D eigenvalue weighted by molar-refractivity contribution is -0.123. The van der Waals surface area contributed by atoms with Gasteiger partial charge in [0.1, 0.15) is 5.58 Å². The van der Waals surface area contributed by atoms with Crippen LogP contribution in [0.1, 0.15) is 38.3 Å². The Morgan fingerprint density at radius 3 is 2.54 bits per heavy atom. The third-order valence-corrected chi connectivity index (χ3v) is 5.55. The van der Waals surface area contributed by atoms with Crippen LogP contribution in [0.5, 0.6) is 0 Å². The molecule has 152 valence electrons. The molecule has 1 aliphatic heterocycles. The minimum absolute atomic E-state index is 0.0983. The van der Waals surface area contributed by atoms with Gasteiger partial charge in [-0.25, -0.2) is 4.79 Å². The Balaban J connectivity index is 1.60. The second kappa shape index (κ2) is 9.34. The normalized spacial score (nSPS) is 17.0. The zero-order valence-electron chi connectivity index (χ0n) is 17.2. The van der Waals surface area contributed by atoms with Crippen molar-refractivity contribution in [1.82, 2.24) is 15.1 Å². The van der Waals surface area contributed by atoms with E-state index >= 15 is 0 Å². The Morgan fingerprint density at radius 2 is 1.86 bits per heavy atom. The van der Waals surface area contributed by atoms with Crippen molar-refractivity contribution >= 4 is 16.9 Å². The number of hydrogen-bond donors (Lipinski definition) is 1. The van der Waals surface area contributed by atoms with E-state index in [2.05, 4.69) is 41.1 Å². The summed E-state index contributed by atoms with van der Waals surface area (Å²) in [5.74, 6) is 0.0983. The van der Waals surface area contributed by atoms with E-state index in [-0.39, 0.29) is 17.6 Å². The molecule has 1 N–H and O–H groups in total. The lowest BCUT2D eigenvalue weighted by atomic mass is 10.1. The Hall–Kier alpha value is -2.18. The molecule has 0 spiro atoms. The highest BCUT2D eigenvalue weighted by Crippen LogP contribution is 2.21. The molecule has 28 heavy (non-hydrogen) atoms. The molecule has 2 aromatic rings. The zero-order valence-corrected chi connectivity index (χ0v) is 17.2. The van der Waals surface area contributed by atoms with Gasteiger partial charge < -0.3 is 9.73 Å². The van der Waals surface area contributed by atoms with Crippen molar-refractivity contribution < 1.29 is 9.21 Å². The molecule has 1 aromatic heterocycles. The first-order chi connectivity index (χ1) is 13.5. The molecule has 1 aliphatic rings. The maximum atomic E-state index is 12.1. The van der Waals surface area contributed by atoms with Crippen LogP contribution in [-0.4, -0.2) is 54.5 Å². The number of benzene rings is 1. The molecule has 0 radical (unpaired) electrons. The third kappa shape index (κ3) is 5.20. The molecule has 1 atom stereocenters.